The molecule has 1 fully saturated rings. The topological polar surface area (TPSA) is 71.0 Å². The van der Waals surface area contributed by atoms with E-state index in [2.05, 4.69) is 59.1 Å². The van der Waals surface area contributed by atoms with Gasteiger partial charge in [-0.25, -0.2) is 5.43 Å². The van der Waals surface area contributed by atoms with Crippen LogP contribution in [0.25, 0.3) is 0 Å². The van der Waals surface area contributed by atoms with Crippen LogP contribution in [0.2, 0.25) is 0 Å². The highest BCUT2D eigenvalue weighted by molar-refractivity contribution is 6.39. The van der Waals surface area contributed by atoms with Gasteiger partial charge in [-0.2, -0.15) is 5.10 Å². The molecule has 0 bridgehead atoms. The van der Waals surface area contributed by atoms with Gasteiger partial charge >= 0.3 is 0 Å². The molecule has 2 aromatic rings. The van der Waals surface area contributed by atoms with Crippen LogP contribution in [0.1, 0.15) is 36.3 Å². The van der Waals surface area contributed by atoms with Gasteiger partial charge in [0.2, 0.25) is 5.91 Å². The Balaban J connectivity index is 1.48. The zero-order chi connectivity index (χ0) is 20.1. The van der Waals surface area contributed by atoms with E-state index in [0.29, 0.717) is 38.2 Å². The summed E-state index contributed by atoms with van der Waals surface area (Å²) in [5, 5.41) is 3.95. The van der Waals surface area contributed by atoms with Crippen LogP contribution in [0.5, 0.6) is 0 Å². The minimum Gasteiger partial charge on any atom is -0.375 e. The van der Waals surface area contributed by atoms with Crippen LogP contribution in [0.4, 0.5) is 0 Å². The first-order valence-corrected chi connectivity index (χ1v) is 10.1. The van der Waals surface area contributed by atoms with Gasteiger partial charge in [0.25, 0.3) is 5.91 Å². The molecule has 2 aromatic carbocycles. The van der Waals surface area contributed by atoms with Gasteiger partial charge in [-0.1, -0.05) is 60.7 Å². The summed E-state index contributed by atoms with van der Waals surface area (Å²) in [4.78, 5) is 25.9. The Morgan fingerprint density at radius 3 is 2.31 bits per heavy atom. The minimum absolute atomic E-state index is 0.0584. The molecule has 1 atom stereocenters. The second kappa shape index (κ2) is 9.01. The molecule has 150 valence electrons. The van der Waals surface area contributed by atoms with Gasteiger partial charge in [0.15, 0.2) is 0 Å². The molecule has 0 radical (unpaired) electrons. The van der Waals surface area contributed by atoms with Crippen molar-refractivity contribution in [1.29, 1.82) is 0 Å². The van der Waals surface area contributed by atoms with E-state index in [4.69, 9.17) is 4.74 Å². The van der Waals surface area contributed by atoms with E-state index < -0.39 is 0 Å². The van der Waals surface area contributed by atoms with Crippen molar-refractivity contribution in [1.82, 2.24) is 10.3 Å². The van der Waals surface area contributed by atoms with Gasteiger partial charge in [-0.3, -0.25) is 9.59 Å². The largest absolute Gasteiger partial charge is 0.375 e. The Morgan fingerprint density at radius 1 is 1.07 bits per heavy atom. The van der Waals surface area contributed by atoms with Crippen LogP contribution in [-0.2, 0) is 14.3 Å². The molecule has 6 heteroatoms. The first-order valence-electron chi connectivity index (χ1n) is 10.1. The molecule has 0 aliphatic carbocycles. The lowest BCUT2D eigenvalue weighted by Gasteiger charge is -2.35. The molecule has 1 saturated heterocycles. The van der Waals surface area contributed by atoms with Gasteiger partial charge in [0.05, 0.1) is 12.7 Å². The molecule has 0 unspecified atom stereocenters. The van der Waals surface area contributed by atoms with Crippen LogP contribution in [-0.4, -0.2) is 48.2 Å². The quantitative estimate of drug-likeness (QED) is 0.852. The van der Waals surface area contributed by atoms with Crippen molar-refractivity contribution in [2.75, 3.05) is 19.7 Å². The van der Waals surface area contributed by atoms with Crippen LogP contribution in [0.15, 0.2) is 65.8 Å². The number of benzene rings is 2. The summed E-state index contributed by atoms with van der Waals surface area (Å²) in [6.07, 6.45) is 1.43. The Bertz CT molecular complexity index is 843. The number of rotatable bonds is 5. The third-order valence-electron chi connectivity index (χ3n) is 5.48. The van der Waals surface area contributed by atoms with Crippen LogP contribution >= 0.6 is 0 Å². The zero-order valence-electron chi connectivity index (χ0n) is 16.3. The lowest BCUT2D eigenvalue weighted by atomic mass is 9.86. The van der Waals surface area contributed by atoms with Crippen molar-refractivity contribution in [3.8, 4) is 0 Å². The second-order valence-electron chi connectivity index (χ2n) is 7.45. The SMILES string of the molecule is O=C1CCC(C(=O)N2CCO[C@H](CC(c3ccccc3)c3ccccc3)C2)=NN1. The molecule has 6 nitrogen and oxygen atoms in total. The molecule has 2 aliphatic heterocycles. The van der Waals surface area contributed by atoms with E-state index in [9.17, 15) is 9.59 Å². The van der Waals surface area contributed by atoms with Crippen molar-refractivity contribution >= 4 is 17.5 Å². The highest BCUT2D eigenvalue weighted by Gasteiger charge is 2.30. The van der Waals surface area contributed by atoms with E-state index in [1.54, 1.807) is 4.90 Å². The molecular weight excluding hydrogens is 366 g/mol. The third-order valence-corrected chi connectivity index (χ3v) is 5.48. The van der Waals surface area contributed by atoms with Crippen LogP contribution in [0, 0.1) is 0 Å². The maximum Gasteiger partial charge on any atom is 0.270 e. The lowest BCUT2D eigenvalue weighted by Crippen LogP contribution is -2.49. The summed E-state index contributed by atoms with van der Waals surface area (Å²) in [6.45, 7) is 1.58. The van der Waals surface area contributed by atoms with E-state index in [1.807, 2.05) is 12.1 Å². The monoisotopic (exact) mass is 391 g/mol. The zero-order valence-corrected chi connectivity index (χ0v) is 16.3. The van der Waals surface area contributed by atoms with E-state index >= 15 is 0 Å². The number of hydrogen-bond donors (Lipinski definition) is 1. The molecule has 0 aromatic heterocycles. The second-order valence-corrected chi connectivity index (χ2v) is 7.45. The minimum atomic E-state index is -0.144. The lowest BCUT2D eigenvalue weighted by molar-refractivity contribution is -0.132. The van der Waals surface area contributed by atoms with Gasteiger partial charge in [0, 0.05) is 31.8 Å². The van der Waals surface area contributed by atoms with Gasteiger partial charge in [-0.15, -0.1) is 0 Å². The fourth-order valence-electron chi connectivity index (χ4n) is 3.96. The fraction of sp³-hybridized carbons (Fsp3) is 0.348. The van der Waals surface area contributed by atoms with Crippen molar-refractivity contribution < 1.29 is 14.3 Å². The number of carbonyl (C=O) groups excluding carboxylic acids is 2. The number of amides is 2. The van der Waals surface area contributed by atoms with Crippen molar-refractivity contribution in [3.05, 3.63) is 71.8 Å². The Hall–Kier alpha value is -2.99. The highest BCUT2D eigenvalue weighted by Crippen LogP contribution is 2.31. The number of nitrogens with zero attached hydrogens (tertiary/aromatic N) is 2. The molecule has 4 rings (SSSR count). The molecule has 29 heavy (non-hydrogen) atoms. The first kappa shape index (κ1) is 19.3. The van der Waals surface area contributed by atoms with E-state index in [1.165, 1.54) is 11.1 Å². The maximum absolute atomic E-state index is 12.8. The average molecular weight is 391 g/mol. The number of carbonyl (C=O) groups is 2. The van der Waals surface area contributed by atoms with Crippen molar-refractivity contribution in [2.24, 2.45) is 5.10 Å². The van der Waals surface area contributed by atoms with Crippen molar-refractivity contribution in [3.63, 3.8) is 0 Å². The summed E-state index contributed by atoms with van der Waals surface area (Å²) in [6, 6.07) is 20.8. The molecule has 1 N–H and O–H groups in total. The summed E-state index contributed by atoms with van der Waals surface area (Å²) >= 11 is 0. The molecule has 2 amide bonds. The maximum atomic E-state index is 12.8. The number of ether oxygens (including phenoxy) is 1. The van der Waals surface area contributed by atoms with Gasteiger partial charge in [-0.05, 0) is 17.5 Å². The van der Waals surface area contributed by atoms with Crippen LogP contribution in [0.3, 0.4) is 0 Å². The number of nitrogens with one attached hydrogen (secondary N) is 1. The predicted octanol–water partition coefficient (Wildman–Crippen LogP) is 2.70. The Labute approximate surface area is 170 Å². The molecule has 0 saturated carbocycles. The average Bonchev–Trinajstić information content (AvgIpc) is 2.79. The molecular formula is C23H25N3O3. The summed E-state index contributed by atoms with van der Waals surface area (Å²) in [5.41, 5.74) is 5.31. The Morgan fingerprint density at radius 2 is 1.72 bits per heavy atom. The summed E-state index contributed by atoms with van der Waals surface area (Å²) in [7, 11) is 0. The number of hydrogen-bond acceptors (Lipinski definition) is 4. The number of morpholine rings is 1. The molecule has 2 heterocycles. The first-order chi connectivity index (χ1) is 14.2. The van der Waals surface area contributed by atoms with E-state index in [0.717, 1.165) is 6.42 Å². The van der Waals surface area contributed by atoms with Crippen LogP contribution < -0.4 is 5.43 Å². The Kier molecular flexibility index (Phi) is 6.00. The van der Waals surface area contributed by atoms with Gasteiger partial charge < -0.3 is 9.64 Å². The third kappa shape index (κ3) is 4.71. The van der Waals surface area contributed by atoms with E-state index in [-0.39, 0.29) is 23.8 Å². The highest BCUT2D eigenvalue weighted by atomic mass is 16.5. The van der Waals surface area contributed by atoms with Crippen molar-refractivity contribution in [2.45, 2.75) is 31.3 Å². The fourth-order valence-corrected chi connectivity index (χ4v) is 3.96. The van der Waals surface area contributed by atoms with Gasteiger partial charge in [0.1, 0.15) is 5.71 Å². The standard InChI is InChI=1S/C23H25N3O3/c27-22-12-11-21(24-25-22)23(28)26-13-14-29-19(16-26)15-20(17-7-3-1-4-8-17)18-9-5-2-6-10-18/h1-10,19-20H,11-16H2,(H,25,27)/t19-/m1/s1. The summed E-state index contributed by atoms with van der Waals surface area (Å²) < 4.78 is 6.03. The smallest absolute Gasteiger partial charge is 0.270 e. The normalized spacial score (nSPS) is 19.6. The molecule has 0 spiro atoms. The summed E-state index contributed by atoms with van der Waals surface area (Å²) in [5.74, 6) is -0.0481. The number of hydrazone groups is 1. The predicted molar refractivity (Wildman–Crippen MR) is 110 cm³/mol. The molecule has 2 aliphatic rings.